The first-order valence-corrected chi connectivity index (χ1v) is 5.74. The lowest BCUT2D eigenvalue weighted by Crippen LogP contribution is -2.17. The molecule has 0 amide bonds. The second-order valence-corrected chi connectivity index (χ2v) is 4.39. The monoisotopic (exact) mass is 203 g/mol. The highest BCUT2D eigenvalue weighted by Gasteiger charge is 2.22. The Bertz CT molecular complexity index is 353. The molecule has 1 saturated carbocycles. The highest BCUT2D eigenvalue weighted by molar-refractivity contribution is 5.97. The molecule has 80 valence electrons. The maximum absolute atomic E-state index is 12.1. The second-order valence-electron chi connectivity index (χ2n) is 4.39. The van der Waals surface area contributed by atoms with Crippen LogP contribution in [0.5, 0.6) is 0 Å². The number of aromatic nitrogens is 1. The van der Waals surface area contributed by atoms with E-state index in [0.29, 0.717) is 5.78 Å². The Labute approximate surface area is 90.7 Å². The maximum atomic E-state index is 12.1. The lowest BCUT2D eigenvalue weighted by atomic mass is 9.84. The summed E-state index contributed by atoms with van der Waals surface area (Å²) in [6, 6.07) is 3.74. The van der Waals surface area contributed by atoms with E-state index in [1.165, 1.54) is 19.3 Å². The highest BCUT2D eigenvalue weighted by atomic mass is 16.1. The highest BCUT2D eigenvalue weighted by Crippen LogP contribution is 2.26. The lowest BCUT2D eigenvalue weighted by Gasteiger charge is -2.20. The number of hydrogen-bond donors (Lipinski definition) is 0. The predicted molar refractivity (Wildman–Crippen MR) is 59.9 cm³/mol. The van der Waals surface area contributed by atoms with Gasteiger partial charge in [0.15, 0.2) is 5.78 Å². The van der Waals surface area contributed by atoms with Crippen molar-refractivity contribution in [1.29, 1.82) is 0 Å². The van der Waals surface area contributed by atoms with Crippen molar-refractivity contribution in [3.8, 4) is 0 Å². The van der Waals surface area contributed by atoms with Crippen molar-refractivity contribution in [1.82, 2.24) is 4.98 Å². The molecule has 1 aromatic rings. The molecule has 0 saturated heterocycles. The van der Waals surface area contributed by atoms with Crippen molar-refractivity contribution in [2.45, 2.75) is 39.0 Å². The summed E-state index contributed by atoms with van der Waals surface area (Å²) in [5, 5.41) is 0. The maximum Gasteiger partial charge on any atom is 0.166 e. The van der Waals surface area contributed by atoms with Gasteiger partial charge in [0, 0.05) is 23.4 Å². The van der Waals surface area contributed by atoms with Crippen molar-refractivity contribution < 1.29 is 4.79 Å². The average Bonchev–Trinajstić information content (AvgIpc) is 2.29. The third kappa shape index (κ3) is 2.44. The van der Waals surface area contributed by atoms with Crippen molar-refractivity contribution in [3.63, 3.8) is 0 Å². The van der Waals surface area contributed by atoms with Crippen LogP contribution in [0, 0.1) is 12.8 Å². The zero-order chi connectivity index (χ0) is 10.7. The molecule has 1 aliphatic rings. The molecule has 0 atom stereocenters. The number of pyridine rings is 1. The Morgan fingerprint density at radius 2 is 2.07 bits per heavy atom. The quantitative estimate of drug-likeness (QED) is 0.691. The van der Waals surface area contributed by atoms with E-state index in [1.807, 2.05) is 19.1 Å². The molecule has 15 heavy (non-hydrogen) atoms. The van der Waals surface area contributed by atoms with E-state index in [0.717, 1.165) is 24.1 Å². The molecule has 0 unspecified atom stereocenters. The van der Waals surface area contributed by atoms with Gasteiger partial charge in [-0.2, -0.15) is 0 Å². The first-order valence-electron chi connectivity index (χ1n) is 5.74. The van der Waals surface area contributed by atoms with Gasteiger partial charge in [-0.05, 0) is 31.9 Å². The molecule has 1 heterocycles. The van der Waals surface area contributed by atoms with Crippen LogP contribution in [0.4, 0.5) is 0 Å². The molecular weight excluding hydrogens is 186 g/mol. The predicted octanol–water partition coefficient (Wildman–Crippen LogP) is 3.15. The summed E-state index contributed by atoms with van der Waals surface area (Å²) >= 11 is 0. The second kappa shape index (κ2) is 4.56. The van der Waals surface area contributed by atoms with Crippen molar-refractivity contribution in [2.24, 2.45) is 5.92 Å². The fourth-order valence-corrected chi connectivity index (χ4v) is 2.30. The van der Waals surface area contributed by atoms with E-state index < -0.39 is 0 Å². The number of aryl methyl sites for hydroxylation is 1. The van der Waals surface area contributed by atoms with Crippen LogP contribution in [0.2, 0.25) is 0 Å². The molecule has 1 fully saturated rings. The number of carbonyl (C=O) groups is 1. The fraction of sp³-hybridized carbons (Fsp3) is 0.538. The Kier molecular flexibility index (Phi) is 3.14. The van der Waals surface area contributed by atoms with Crippen LogP contribution in [-0.2, 0) is 0 Å². The molecule has 0 radical (unpaired) electrons. The summed E-state index contributed by atoms with van der Waals surface area (Å²) in [7, 11) is 0. The molecule has 0 N–H and O–H groups in total. The van der Waals surface area contributed by atoms with E-state index in [2.05, 4.69) is 4.98 Å². The third-order valence-electron chi connectivity index (χ3n) is 3.16. The van der Waals surface area contributed by atoms with Crippen molar-refractivity contribution in [2.75, 3.05) is 0 Å². The first-order chi connectivity index (χ1) is 7.27. The molecule has 0 aliphatic heterocycles. The zero-order valence-electron chi connectivity index (χ0n) is 9.20. The van der Waals surface area contributed by atoms with E-state index in [-0.39, 0.29) is 5.92 Å². The smallest absolute Gasteiger partial charge is 0.166 e. The number of hydrogen-bond acceptors (Lipinski definition) is 2. The summed E-state index contributed by atoms with van der Waals surface area (Å²) in [6.45, 7) is 1.93. The topological polar surface area (TPSA) is 30.0 Å². The molecule has 0 aromatic carbocycles. The summed E-state index contributed by atoms with van der Waals surface area (Å²) in [6.07, 6.45) is 7.58. The van der Waals surface area contributed by atoms with Crippen LogP contribution in [0.1, 0.15) is 48.2 Å². The van der Waals surface area contributed by atoms with E-state index in [1.54, 1.807) is 6.20 Å². The molecule has 2 rings (SSSR count). The van der Waals surface area contributed by atoms with Crippen LogP contribution < -0.4 is 0 Å². The summed E-state index contributed by atoms with van der Waals surface area (Å²) in [4.78, 5) is 16.2. The number of ketones is 1. The Hall–Kier alpha value is -1.18. The largest absolute Gasteiger partial charge is 0.294 e. The molecule has 2 heteroatoms. The molecule has 1 aromatic heterocycles. The van der Waals surface area contributed by atoms with Crippen molar-refractivity contribution in [3.05, 3.63) is 29.6 Å². The summed E-state index contributed by atoms with van der Waals surface area (Å²) in [5.74, 6) is 0.584. The Morgan fingerprint density at radius 3 is 2.73 bits per heavy atom. The van der Waals surface area contributed by atoms with Gasteiger partial charge in [0.25, 0.3) is 0 Å². The summed E-state index contributed by atoms with van der Waals surface area (Å²) < 4.78 is 0. The van der Waals surface area contributed by atoms with Crippen molar-refractivity contribution >= 4 is 5.78 Å². The Morgan fingerprint density at radius 1 is 1.33 bits per heavy atom. The van der Waals surface area contributed by atoms with Gasteiger partial charge >= 0.3 is 0 Å². The normalized spacial score (nSPS) is 17.7. The fourth-order valence-electron chi connectivity index (χ4n) is 2.30. The van der Waals surface area contributed by atoms with Gasteiger partial charge in [0.1, 0.15) is 0 Å². The number of Topliss-reactive ketones (excluding diaryl/α,β-unsaturated/α-hetero) is 1. The van der Waals surface area contributed by atoms with E-state index in [9.17, 15) is 4.79 Å². The standard InChI is InChI=1S/C13H17NO/c1-10-9-12(7-8-14-10)13(15)11-5-3-2-4-6-11/h7-9,11H,2-6H2,1H3. The minimum Gasteiger partial charge on any atom is -0.294 e. The van der Waals surface area contributed by atoms with E-state index in [4.69, 9.17) is 0 Å². The van der Waals surface area contributed by atoms with Gasteiger partial charge < -0.3 is 0 Å². The van der Waals surface area contributed by atoms with Gasteiger partial charge in [0.2, 0.25) is 0 Å². The molecular formula is C13H17NO. The zero-order valence-corrected chi connectivity index (χ0v) is 9.20. The average molecular weight is 203 g/mol. The Balaban J connectivity index is 2.12. The van der Waals surface area contributed by atoms with Gasteiger partial charge in [-0.3, -0.25) is 9.78 Å². The van der Waals surface area contributed by atoms with Crippen LogP contribution in [0.15, 0.2) is 18.3 Å². The lowest BCUT2D eigenvalue weighted by molar-refractivity contribution is 0.0889. The first kappa shape index (κ1) is 10.3. The molecule has 0 spiro atoms. The SMILES string of the molecule is Cc1cc(C(=O)C2CCCCC2)ccn1. The van der Waals surface area contributed by atoms with Crippen LogP contribution in [-0.4, -0.2) is 10.8 Å². The minimum absolute atomic E-state index is 0.264. The van der Waals surface area contributed by atoms with Gasteiger partial charge in [-0.25, -0.2) is 0 Å². The van der Waals surface area contributed by atoms with Gasteiger partial charge in [-0.1, -0.05) is 19.3 Å². The molecule has 1 aliphatic carbocycles. The van der Waals surface area contributed by atoms with Crippen LogP contribution >= 0.6 is 0 Å². The third-order valence-corrected chi connectivity index (χ3v) is 3.16. The van der Waals surface area contributed by atoms with Crippen LogP contribution in [0.25, 0.3) is 0 Å². The van der Waals surface area contributed by atoms with E-state index >= 15 is 0 Å². The number of nitrogens with zero attached hydrogens (tertiary/aromatic N) is 1. The number of carbonyl (C=O) groups excluding carboxylic acids is 1. The van der Waals surface area contributed by atoms with Gasteiger partial charge in [0.05, 0.1) is 0 Å². The minimum atomic E-state index is 0.264. The molecule has 2 nitrogen and oxygen atoms in total. The number of rotatable bonds is 2. The molecule has 0 bridgehead atoms. The van der Waals surface area contributed by atoms with Crippen LogP contribution in [0.3, 0.4) is 0 Å². The summed E-state index contributed by atoms with van der Waals surface area (Å²) in [5.41, 5.74) is 1.77. The van der Waals surface area contributed by atoms with Gasteiger partial charge in [-0.15, -0.1) is 0 Å².